The van der Waals surface area contributed by atoms with Gasteiger partial charge in [-0.2, -0.15) is 0 Å². The summed E-state index contributed by atoms with van der Waals surface area (Å²) in [5.41, 5.74) is 2.20. The zero-order valence-corrected chi connectivity index (χ0v) is 9.85. The van der Waals surface area contributed by atoms with Crippen LogP contribution < -0.4 is 0 Å². The fraction of sp³-hybridized carbons (Fsp3) is 0.143. The van der Waals surface area contributed by atoms with Crippen molar-refractivity contribution in [2.75, 3.05) is 0 Å². The molecule has 94 valence electrons. The predicted octanol–water partition coefficient (Wildman–Crippen LogP) is 3.42. The number of benzene rings is 2. The van der Waals surface area contributed by atoms with Crippen molar-refractivity contribution in [3.8, 4) is 5.75 Å². The van der Waals surface area contributed by atoms with Crippen LogP contribution in [0.1, 0.15) is 34.3 Å². The fourth-order valence-corrected chi connectivity index (χ4v) is 2.66. The molecule has 0 aliphatic heterocycles. The number of nitroso groups, excluding NO2 is 2. The molecular weight excluding hydrogens is 244 g/mol. The van der Waals surface area contributed by atoms with Crippen molar-refractivity contribution in [3.63, 3.8) is 0 Å². The molecule has 0 bridgehead atoms. The van der Waals surface area contributed by atoms with Gasteiger partial charge in [0, 0.05) is 5.56 Å². The lowest BCUT2D eigenvalue weighted by atomic mass is 9.79. The van der Waals surface area contributed by atoms with Crippen LogP contribution in [0.15, 0.2) is 52.8 Å². The highest BCUT2D eigenvalue weighted by Gasteiger charge is 2.35. The summed E-state index contributed by atoms with van der Waals surface area (Å²) in [6.45, 7) is 0. The van der Waals surface area contributed by atoms with Crippen LogP contribution in [0.5, 0.6) is 5.75 Å². The van der Waals surface area contributed by atoms with Gasteiger partial charge < -0.3 is 5.11 Å². The number of nitrogens with zero attached hydrogens (tertiary/aromatic N) is 2. The van der Waals surface area contributed by atoms with Gasteiger partial charge in [0.15, 0.2) is 0 Å². The summed E-state index contributed by atoms with van der Waals surface area (Å²) < 4.78 is 0. The van der Waals surface area contributed by atoms with E-state index in [9.17, 15) is 14.9 Å². The molecule has 2 atom stereocenters. The number of phenols is 1. The van der Waals surface area contributed by atoms with E-state index in [0.29, 0.717) is 22.3 Å². The molecule has 3 rings (SSSR count). The van der Waals surface area contributed by atoms with Gasteiger partial charge in [0.05, 0.1) is 0 Å². The lowest BCUT2D eigenvalue weighted by Crippen LogP contribution is -2.15. The van der Waals surface area contributed by atoms with Crippen LogP contribution in [0.3, 0.4) is 0 Å². The lowest BCUT2D eigenvalue weighted by molar-refractivity contribution is 0.461. The van der Waals surface area contributed by atoms with E-state index in [1.54, 1.807) is 36.4 Å². The summed E-state index contributed by atoms with van der Waals surface area (Å²) in [7, 11) is 0. The number of hydrogen-bond donors (Lipinski definition) is 1. The molecule has 0 heterocycles. The molecule has 0 saturated heterocycles. The van der Waals surface area contributed by atoms with Gasteiger partial charge in [0.1, 0.15) is 17.8 Å². The van der Waals surface area contributed by atoms with Crippen LogP contribution in [-0.2, 0) is 0 Å². The fourth-order valence-electron chi connectivity index (χ4n) is 2.66. The summed E-state index contributed by atoms with van der Waals surface area (Å²) >= 11 is 0. The maximum atomic E-state index is 11.2. The molecule has 0 spiro atoms. The normalized spacial score (nSPS) is 20.2. The quantitative estimate of drug-likeness (QED) is 0.834. The number of rotatable bonds is 2. The van der Waals surface area contributed by atoms with Crippen LogP contribution in [-0.4, -0.2) is 5.11 Å². The molecule has 0 fully saturated rings. The SMILES string of the molecule is O=NC1c2ccccc2C(N=O)c2c(O)cccc21. The van der Waals surface area contributed by atoms with Gasteiger partial charge in [-0.3, -0.25) is 0 Å². The van der Waals surface area contributed by atoms with Crippen molar-refractivity contribution in [3.05, 3.63) is 74.5 Å². The lowest BCUT2D eigenvalue weighted by Gasteiger charge is -2.27. The van der Waals surface area contributed by atoms with Crippen LogP contribution in [0, 0.1) is 9.81 Å². The zero-order valence-electron chi connectivity index (χ0n) is 9.85. The van der Waals surface area contributed by atoms with Crippen molar-refractivity contribution in [1.29, 1.82) is 0 Å². The Morgan fingerprint density at radius 2 is 1.37 bits per heavy atom. The first-order valence-corrected chi connectivity index (χ1v) is 5.83. The molecule has 5 nitrogen and oxygen atoms in total. The number of phenolic OH excluding ortho intramolecular Hbond substituents is 1. The van der Waals surface area contributed by atoms with Gasteiger partial charge in [-0.25, -0.2) is 0 Å². The summed E-state index contributed by atoms with van der Waals surface area (Å²) in [5, 5.41) is 16.2. The minimum Gasteiger partial charge on any atom is -0.508 e. The Morgan fingerprint density at radius 1 is 0.789 bits per heavy atom. The molecule has 0 saturated carbocycles. The second kappa shape index (κ2) is 4.28. The van der Waals surface area contributed by atoms with E-state index >= 15 is 0 Å². The van der Waals surface area contributed by atoms with Crippen molar-refractivity contribution >= 4 is 0 Å². The summed E-state index contributed by atoms with van der Waals surface area (Å²) in [4.78, 5) is 22.3. The first kappa shape index (κ1) is 11.5. The van der Waals surface area contributed by atoms with E-state index < -0.39 is 12.1 Å². The summed E-state index contributed by atoms with van der Waals surface area (Å²) in [6, 6.07) is 10.3. The smallest absolute Gasteiger partial charge is 0.146 e. The highest BCUT2D eigenvalue weighted by Crippen LogP contribution is 2.47. The Morgan fingerprint density at radius 3 is 2.00 bits per heavy atom. The van der Waals surface area contributed by atoms with Gasteiger partial charge in [0.25, 0.3) is 0 Å². The molecule has 0 amide bonds. The third-order valence-corrected chi connectivity index (χ3v) is 3.48. The monoisotopic (exact) mass is 254 g/mol. The van der Waals surface area contributed by atoms with E-state index in [2.05, 4.69) is 10.4 Å². The molecule has 1 aliphatic rings. The Balaban J connectivity index is 2.35. The van der Waals surface area contributed by atoms with Crippen molar-refractivity contribution in [2.45, 2.75) is 12.1 Å². The molecule has 2 unspecified atom stereocenters. The standard InChI is InChI=1S/C14H10N2O3/c17-11-7-3-6-10-12(11)14(16-19)9-5-2-1-4-8(9)13(10)15-18/h1-7,13-14,17H. The molecule has 2 aromatic rings. The largest absolute Gasteiger partial charge is 0.508 e. The minimum atomic E-state index is -0.801. The molecule has 19 heavy (non-hydrogen) atoms. The molecule has 2 aromatic carbocycles. The average Bonchev–Trinajstić information content (AvgIpc) is 2.45. The number of aromatic hydroxyl groups is 1. The van der Waals surface area contributed by atoms with E-state index in [1.807, 2.05) is 0 Å². The van der Waals surface area contributed by atoms with Crippen LogP contribution in [0.2, 0.25) is 0 Å². The third-order valence-electron chi connectivity index (χ3n) is 3.48. The molecule has 5 heteroatoms. The van der Waals surface area contributed by atoms with Gasteiger partial charge in [-0.15, -0.1) is 9.81 Å². The van der Waals surface area contributed by atoms with Gasteiger partial charge >= 0.3 is 0 Å². The van der Waals surface area contributed by atoms with Gasteiger partial charge in [-0.05, 0) is 22.8 Å². The molecule has 1 N–H and O–H groups in total. The predicted molar refractivity (Wildman–Crippen MR) is 69.8 cm³/mol. The Kier molecular flexibility index (Phi) is 2.59. The number of fused-ring (bicyclic) bond motifs is 2. The third kappa shape index (κ3) is 1.55. The average molecular weight is 254 g/mol. The molecule has 1 aliphatic carbocycles. The topological polar surface area (TPSA) is 79.1 Å². The van der Waals surface area contributed by atoms with Crippen molar-refractivity contribution in [1.82, 2.24) is 0 Å². The van der Waals surface area contributed by atoms with Gasteiger partial charge in [-0.1, -0.05) is 46.8 Å². The Hall–Kier alpha value is -2.56. The summed E-state index contributed by atoms with van der Waals surface area (Å²) in [6.07, 6.45) is 0. The Labute approximate surface area is 108 Å². The van der Waals surface area contributed by atoms with Crippen LogP contribution in [0.25, 0.3) is 0 Å². The van der Waals surface area contributed by atoms with Crippen molar-refractivity contribution < 1.29 is 5.11 Å². The second-order valence-electron chi connectivity index (χ2n) is 4.42. The molecule has 0 aromatic heterocycles. The van der Waals surface area contributed by atoms with Crippen LogP contribution in [0.4, 0.5) is 0 Å². The maximum Gasteiger partial charge on any atom is 0.146 e. The first-order valence-electron chi connectivity index (χ1n) is 5.83. The highest BCUT2D eigenvalue weighted by atomic mass is 16.3. The highest BCUT2D eigenvalue weighted by molar-refractivity contribution is 5.56. The maximum absolute atomic E-state index is 11.2. The molecular formula is C14H10N2O3. The van der Waals surface area contributed by atoms with Gasteiger partial charge in [0.2, 0.25) is 0 Å². The second-order valence-corrected chi connectivity index (χ2v) is 4.42. The van der Waals surface area contributed by atoms with E-state index in [-0.39, 0.29) is 5.75 Å². The Bertz CT molecular complexity index is 669. The number of hydrogen-bond acceptors (Lipinski definition) is 5. The van der Waals surface area contributed by atoms with E-state index in [1.165, 1.54) is 6.07 Å². The van der Waals surface area contributed by atoms with Crippen LogP contribution >= 0.6 is 0 Å². The molecule has 0 radical (unpaired) electrons. The first-order chi connectivity index (χ1) is 9.27. The summed E-state index contributed by atoms with van der Waals surface area (Å²) in [5.74, 6) is -0.0368. The van der Waals surface area contributed by atoms with Crippen molar-refractivity contribution in [2.24, 2.45) is 10.4 Å². The zero-order chi connectivity index (χ0) is 13.4. The van der Waals surface area contributed by atoms with E-state index in [4.69, 9.17) is 0 Å². The van der Waals surface area contributed by atoms with E-state index in [0.717, 1.165) is 0 Å². The minimum absolute atomic E-state index is 0.0368.